The molecule has 2 N–H and O–H groups in total. The summed E-state index contributed by atoms with van der Waals surface area (Å²) in [6, 6.07) is 0. The minimum atomic E-state index is -0.996. The SMILES string of the molecule is C=C1CCC2C(C)(COC(=O)CCC(=O)O)CCCC2(C)C1CCC(C)=CC(=O)O. The highest BCUT2D eigenvalue weighted by Crippen LogP contribution is 2.62. The molecule has 168 valence electrons. The Kier molecular flexibility index (Phi) is 7.89. The lowest BCUT2D eigenvalue weighted by Gasteiger charge is -2.58. The summed E-state index contributed by atoms with van der Waals surface area (Å²) in [7, 11) is 0. The molecule has 4 unspecified atom stereocenters. The Balaban J connectivity index is 2.11. The molecule has 6 nitrogen and oxygen atoms in total. The highest BCUT2D eigenvalue weighted by molar-refractivity contribution is 5.80. The second-order valence-electron chi connectivity index (χ2n) is 9.74. The molecule has 0 aromatic carbocycles. The number of carbonyl (C=O) groups excluding carboxylic acids is 1. The third-order valence-corrected chi connectivity index (χ3v) is 7.45. The second kappa shape index (κ2) is 9.80. The largest absolute Gasteiger partial charge is 0.481 e. The summed E-state index contributed by atoms with van der Waals surface area (Å²) < 4.78 is 5.53. The fourth-order valence-electron chi connectivity index (χ4n) is 5.97. The quantitative estimate of drug-likeness (QED) is 0.310. The van der Waals surface area contributed by atoms with E-state index < -0.39 is 17.9 Å². The maximum atomic E-state index is 12.0. The molecule has 0 heterocycles. The first-order valence-electron chi connectivity index (χ1n) is 10.9. The van der Waals surface area contributed by atoms with Crippen LogP contribution in [0.4, 0.5) is 0 Å². The van der Waals surface area contributed by atoms with E-state index in [9.17, 15) is 14.4 Å². The van der Waals surface area contributed by atoms with Crippen LogP contribution < -0.4 is 0 Å². The highest BCUT2D eigenvalue weighted by Gasteiger charge is 2.54. The monoisotopic (exact) mass is 420 g/mol. The molecule has 2 aliphatic carbocycles. The highest BCUT2D eigenvalue weighted by atomic mass is 16.5. The van der Waals surface area contributed by atoms with Crippen molar-refractivity contribution in [3.63, 3.8) is 0 Å². The van der Waals surface area contributed by atoms with Crippen molar-refractivity contribution in [3.8, 4) is 0 Å². The number of carboxylic acid groups (broad SMARTS) is 2. The molecule has 0 radical (unpaired) electrons. The van der Waals surface area contributed by atoms with Crippen molar-refractivity contribution < 1.29 is 29.3 Å². The molecule has 30 heavy (non-hydrogen) atoms. The zero-order chi connectivity index (χ0) is 22.5. The van der Waals surface area contributed by atoms with Gasteiger partial charge < -0.3 is 14.9 Å². The summed E-state index contributed by atoms with van der Waals surface area (Å²) >= 11 is 0. The molecule has 0 amide bonds. The first-order chi connectivity index (χ1) is 14.0. The number of fused-ring (bicyclic) bond motifs is 1. The van der Waals surface area contributed by atoms with Crippen molar-refractivity contribution in [2.24, 2.45) is 22.7 Å². The van der Waals surface area contributed by atoms with E-state index in [-0.39, 0.29) is 23.7 Å². The lowest BCUT2D eigenvalue weighted by Crippen LogP contribution is -2.52. The Hall–Kier alpha value is -2.11. The van der Waals surface area contributed by atoms with E-state index in [1.165, 1.54) is 11.6 Å². The molecule has 2 saturated carbocycles. The summed E-state index contributed by atoms with van der Waals surface area (Å²) in [4.78, 5) is 33.6. The van der Waals surface area contributed by atoms with E-state index in [0.717, 1.165) is 50.5 Å². The summed E-state index contributed by atoms with van der Waals surface area (Å²) in [6.07, 6.45) is 7.67. The van der Waals surface area contributed by atoms with Gasteiger partial charge in [0.2, 0.25) is 0 Å². The first-order valence-corrected chi connectivity index (χ1v) is 10.9. The standard InChI is InChI=1S/C24H36O6/c1-16(14-21(27)28)6-8-18-17(2)7-9-19-23(3,12-5-13-24(18,19)4)15-30-22(29)11-10-20(25)26/h14,18-19H,2,5-13,15H2,1,3-4H3,(H,25,26)(H,27,28). The van der Waals surface area contributed by atoms with E-state index in [4.69, 9.17) is 14.9 Å². The van der Waals surface area contributed by atoms with Crippen LogP contribution in [0.3, 0.4) is 0 Å². The average molecular weight is 421 g/mol. The molecule has 6 heteroatoms. The number of aliphatic carboxylic acids is 2. The summed E-state index contributed by atoms with van der Waals surface area (Å²) in [5.74, 6) is -1.66. The predicted octanol–water partition coefficient (Wildman–Crippen LogP) is 4.98. The van der Waals surface area contributed by atoms with Crippen LogP contribution in [-0.2, 0) is 19.1 Å². The van der Waals surface area contributed by atoms with Crippen LogP contribution >= 0.6 is 0 Å². The van der Waals surface area contributed by atoms with Crippen molar-refractivity contribution in [3.05, 3.63) is 23.8 Å². The van der Waals surface area contributed by atoms with Crippen LogP contribution in [0.5, 0.6) is 0 Å². The van der Waals surface area contributed by atoms with Gasteiger partial charge in [-0.2, -0.15) is 0 Å². The zero-order valence-electron chi connectivity index (χ0n) is 18.5. The molecule has 2 fully saturated rings. The fraction of sp³-hybridized carbons (Fsp3) is 0.708. The van der Waals surface area contributed by atoms with E-state index >= 15 is 0 Å². The number of carbonyl (C=O) groups is 3. The Labute approximate surface area is 179 Å². The van der Waals surface area contributed by atoms with Crippen LogP contribution in [0.1, 0.15) is 78.6 Å². The molecule has 0 aliphatic heterocycles. The number of ether oxygens (including phenoxy) is 1. The van der Waals surface area contributed by atoms with E-state index in [0.29, 0.717) is 18.4 Å². The lowest BCUT2D eigenvalue weighted by atomic mass is 9.47. The van der Waals surface area contributed by atoms with E-state index in [1.807, 2.05) is 6.92 Å². The molecule has 0 aromatic heterocycles. The number of carboxylic acids is 2. The van der Waals surface area contributed by atoms with Crippen LogP contribution in [-0.4, -0.2) is 34.7 Å². The Bertz CT molecular complexity index is 723. The lowest BCUT2D eigenvalue weighted by molar-refractivity contribution is -0.157. The van der Waals surface area contributed by atoms with Crippen LogP contribution in [0.25, 0.3) is 0 Å². The van der Waals surface area contributed by atoms with Gasteiger partial charge >= 0.3 is 17.9 Å². The van der Waals surface area contributed by atoms with Crippen molar-refractivity contribution in [2.75, 3.05) is 6.61 Å². The molecular formula is C24H36O6. The molecular weight excluding hydrogens is 384 g/mol. The number of hydrogen-bond acceptors (Lipinski definition) is 4. The van der Waals surface area contributed by atoms with Crippen molar-refractivity contribution in [2.45, 2.75) is 78.6 Å². The molecule has 0 aromatic rings. The van der Waals surface area contributed by atoms with Gasteiger partial charge in [-0.1, -0.05) is 38.0 Å². The van der Waals surface area contributed by atoms with E-state index in [1.54, 1.807) is 0 Å². The molecule has 0 bridgehead atoms. The second-order valence-corrected chi connectivity index (χ2v) is 9.74. The van der Waals surface area contributed by atoms with Crippen LogP contribution in [0.2, 0.25) is 0 Å². The van der Waals surface area contributed by atoms with Crippen molar-refractivity contribution in [1.29, 1.82) is 0 Å². The minimum absolute atomic E-state index is 0.0410. The van der Waals surface area contributed by atoms with Crippen molar-refractivity contribution >= 4 is 17.9 Å². The van der Waals surface area contributed by atoms with Gasteiger partial charge in [-0.25, -0.2) is 4.79 Å². The smallest absolute Gasteiger partial charge is 0.328 e. The number of allylic oxidation sites excluding steroid dienone is 2. The molecule has 2 rings (SSSR count). The Morgan fingerprint density at radius 2 is 1.87 bits per heavy atom. The molecule has 4 atom stereocenters. The number of hydrogen-bond donors (Lipinski definition) is 2. The topological polar surface area (TPSA) is 101 Å². The summed E-state index contributed by atoms with van der Waals surface area (Å²) in [6.45, 7) is 11.1. The van der Waals surface area contributed by atoms with Gasteiger partial charge in [0.25, 0.3) is 0 Å². The van der Waals surface area contributed by atoms with Gasteiger partial charge in [0.05, 0.1) is 19.4 Å². The molecule has 0 spiro atoms. The van der Waals surface area contributed by atoms with Crippen LogP contribution in [0, 0.1) is 22.7 Å². The van der Waals surface area contributed by atoms with Crippen LogP contribution in [0.15, 0.2) is 23.8 Å². The summed E-state index contributed by atoms with van der Waals surface area (Å²) in [5, 5.41) is 17.7. The Morgan fingerprint density at radius 1 is 1.17 bits per heavy atom. The van der Waals surface area contributed by atoms with Gasteiger partial charge in [-0.05, 0) is 62.7 Å². The third-order valence-electron chi connectivity index (χ3n) is 7.45. The maximum absolute atomic E-state index is 12.0. The number of rotatable bonds is 9. The van der Waals surface area contributed by atoms with Gasteiger partial charge in [0, 0.05) is 11.5 Å². The maximum Gasteiger partial charge on any atom is 0.328 e. The van der Waals surface area contributed by atoms with Gasteiger partial charge in [0.1, 0.15) is 0 Å². The minimum Gasteiger partial charge on any atom is -0.481 e. The van der Waals surface area contributed by atoms with E-state index in [2.05, 4.69) is 20.4 Å². The zero-order valence-corrected chi connectivity index (χ0v) is 18.5. The van der Waals surface area contributed by atoms with Gasteiger partial charge in [-0.15, -0.1) is 0 Å². The fourth-order valence-corrected chi connectivity index (χ4v) is 5.97. The normalized spacial score (nSPS) is 31.7. The first kappa shape index (κ1) is 24.2. The van der Waals surface area contributed by atoms with Gasteiger partial charge in [-0.3, -0.25) is 9.59 Å². The van der Waals surface area contributed by atoms with Crippen molar-refractivity contribution in [1.82, 2.24) is 0 Å². The average Bonchev–Trinajstić information content (AvgIpc) is 2.63. The number of esters is 1. The third kappa shape index (κ3) is 5.73. The molecule has 0 saturated heterocycles. The molecule has 2 aliphatic rings. The Morgan fingerprint density at radius 3 is 2.50 bits per heavy atom. The van der Waals surface area contributed by atoms with Gasteiger partial charge in [0.15, 0.2) is 0 Å². The predicted molar refractivity (Wildman–Crippen MR) is 114 cm³/mol. The summed E-state index contributed by atoms with van der Waals surface area (Å²) in [5.41, 5.74) is 2.02.